The number of aromatic amines is 2. The van der Waals surface area contributed by atoms with Crippen LogP contribution in [0.15, 0.2) is 39.9 Å². The van der Waals surface area contributed by atoms with E-state index >= 15 is 0 Å². The molecule has 5 rings (SSSR count). The molecular weight excluding hydrogens is 330 g/mol. The monoisotopic (exact) mass is 349 g/mol. The number of hydrogen-bond acceptors (Lipinski definition) is 4. The zero-order valence-electron chi connectivity index (χ0n) is 14.3. The van der Waals surface area contributed by atoms with Gasteiger partial charge in [0, 0.05) is 31.0 Å². The van der Waals surface area contributed by atoms with Crippen molar-refractivity contribution in [1.29, 1.82) is 0 Å². The van der Waals surface area contributed by atoms with E-state index in [1.54, 1.807) is 0 Å². The summed E-state index contributed by atoms with van der Waals surface area (Å²) in [5, 5.41) is 4.89. The number of hydrogen-bond donors (Lipinski definition) is 2. The van der Waals surface area contributed by atoms with Gasteiger partial charge in [0.1, 0.15) is 0 Å². The van der Waals surface area contributed by atoms with Crippen molar-refractivity contribution in [1.82, 2.24) is 24.6 Å². The van der Waals surface area contributed by atoms with Crippen LogP contribution in [0.4, 0.5) is 0 Å². The van der Waals surface area contributed by atoms with Crippen molar-refractivity contribution in [2.45, 2.75) is 38.9 Å². The van der Waals surface area contributed by atoms with Gasteiger partial charge in [-0.25, -0.2) is 9.48 Å². The van der Waals surface area contributed by atoms with Crippen LogP contribution in [0.25, 0.3) is 5.69 Å². The van der Waals surface area contributed by atoms with E-state index in [1.165, 1.54) is 11.3 Å². The highest BCUT2D eigenvalue weighted by atomic mass is 16.2. The molecular formula is C19H19N5O2. The predicted octanol–water partition coefficient (Wildman–Crippen LogP) is 1.25. The van der Waals surface area contributed by atoms with E-state index in [-0.39, 0.29) is 5.56 Å². The first-order valence-corrected chi connectivity index (χ1v) is 8.91. The van der Waals surface area contributed by atoms with Gasteiger partial charge in [0.05, 0.1) is 16.9 Å². The molecule has 1 aliphatic carbocycles. The van der Waals surface area contributed by atoms with Crippen LogP contribution in [-0.2, 0) is 32.5 Å². The molecule has 0 fully saturated rings. The smallest absolute Gasteiger partial charge is 0.310 e. The maximum atomic E-state index is 12.0. The summed E-state index contributed by atoms with van der Waals surface area (Å²) in [7, 11) is 0. The van der Waals surface area contributed by atoms with E-state index in [0.29, 0.717) is 25.2 Å². The summed E-state index contributed by atoms with van der Waals surface area (Å²) in [5.74, 6) is 0. The lowest BCUT2D eigenvalue weighted by atomic mass is 10.2. The Morgan fingerprint density at radius 1 is 1.00 bits per heavy atom. The lowest BCUT2D eigenvalue weighted by Gasteiger charge is -2.13. The normalized spacial score (nSPS) is 16.0. The van der Waals surface area contributed by atoms with Crippen LogP contribution in [0, 0.1) is 0 Å². The van der Waals surface area contributed by atoms with Crippen LogP contribution < -0.4 is 11.2 Å². The van der Waals surface area contributed by atoms with Crippen LogP contribution in [0.3, 0.4) is 0 Å². The Kier molecular flexibility index (Phi) is 3.43. The summed E-state index contributed by atoms with van der Waals surface area (Å²) in [6.07, 6.45) is 3.25. The third-order valence-electron chi connectivity index (χ3n) is 5.28. The van der Waals surface area contributed by atoms with Gasteiger partial charge in [0.2, 0.25) is 0 Å². The maximum absolute atomic E-state index is 12.0. The van der Waals surface area contributed by atoms with Crippen molar-refractivity contribution in [2.24, 2.45) is 0 Å². The molecule has 3 heterocycles. The van der Waals surface area contributed by atoms with Gasteiger partial charge in [-0.15, -0.1) is 0 Å². The number of nitrogens with one attached hydrogen (secondary N) is 2. The predicted molar refractivity (Wildman–Crippen MR) is 96.2 cm³/mol. The number of para-hydroxylation sites is 1. The fourth-order valence-electron chi connectivity index (χ4n) is 4.11. The largest absolute Gasteiger partial charge is 0.325 e. The van der Waals surface area contributed by atoms with E-state index in [9.17, 15) is 9.59 Å². The Bertz CT molecular complexity index is 1090. The Labute approximate surface area is 149 Å². The number of H-pyrrole nitrogens is 2. The maximum Gasteiger partial charge on any atom is 0.325 e. The van der Waals surface area contributed by atoms with Crippen LogP contribution in [0.1, 0.15) is 34.6 Å². The van der Waals surface area contributed by atoms with Gasteiger partial charge in [-0.2, -0.15) is 5.10 Å². The van der Waals surface area contributed by atoms with E-state index < -0.39 is 5.69 Å². The van der Waals surface area contributed by atoms with Crippen LogP contribution in [0.5, 0.6) is 0 Å². The van der Waals surface area contributed by atoms with E-state index in [0.717, 1.165) is 36.3 Å². The number of rotatable bonds is 3. The van der Waals surface area contributed by atoms with Crippen molar-refractivity contribution >= 4 is 0 Å². The molecule has 26 heavy (non-hydrogen) atoms. The summed E-state index contributed by atoms with van der Waals surface area (Å²) in [6.45, 7) is 1.79. The number of fused-ring (bicyclic) bond motifs is 2. The van der Waals surface area contributed by atoms with Gasteiger partial charge in [-0.05, 0) is 37.0 Å². The second-order valence-electron chi connectivity index (χ2n) is 6.98. The lowest BCUT2D eigenvalue weighted by Crippen LogP contribution is -2.25. The molecule has 0 saturated carbocycles. The molecule has 0 amide bonds. The third-order valence-corrected chi connectivity index (χ3v) is 5.28. The summed E-state index contributed by atoms with van der Waals surface area (Å²) in [4.78, 5) is 30.7. The molecule has 0 bridgehead atoms. The minimum Gasteiger partial charge on any atom is -0.310 e. The Balaban J connectivity index is 1.47. The molecule has 1 aromatic carbocycles. The van der Waals surface area contributed by atoms with Crippen molar-refractivity contribution in [2.75, 3.05) is 0 Å². The zero-order chi connectivity index (χ0) is 17.7. The van der Waals surface area contributed by atoms with Crippen molar-refractivity contribution in [3.05, 3.63) is 79.4 Å². The molecule has 0 saturated heterocycles. The third kappa shape index (κ3) is 2.43. The molecule has 0 atom stereocenters. The van der Waals surface area contributed by atoms with E-state index in [1.807, 2.05) is 18.2 Å². The molecule has 1 aliphatic heterocycles. The fraction of sp³-hybridized carbons (Fsp3) is 0.316. The van der Waals surface area contributed by atoms with Crippen molar-refractivity contribution in [3.8, 4) is 5.69 Å². The minimum atomic E-state index is -0.440. The first-order valence-electron chi connectivity index (χ1n) is 8.91. The van der Waals surface area contributed by atoms with E-state index in [4.69, 9.17) is 5.10 Å². The molecule has 7 heteroatoms. The van der Waals surface area contributed by atoms with Crippen LogP contribution in [-0.4, -0.2) is 24.6 Å². The highest BCUT2D eigenvalue weighted by molar-refractivity contribution is 5.40. The molecule has 0 unspecified atom stereocenters. The van der Waals surface area contributed by atoms with Crippen molar-refractivity contribution < 1.29 is 0 Å². The number of aromatic nitrogens is 4. The standard InChI is InChI=1S/C19H19N5O2/c25-18-14-9-23(10-15(14)20-19(26)21-18)11-16-13-7-4-8-17(13)24(22-16)12-5-2-1-3-6-12/h1-3,5-6H,4,7-11H2,(H2,20,21,25,26). The summed E-state index contributed by atoms with van der Waals surface area (Å²) >= 11 is 0. The van der Waals surface area contributed by atoms with Crippen LogP contribution in [0.2, 0.25) is 0 Å². The molecule has 2 aliphatic rings. The molecule has 132 valence electrons. The number of benzene rings is 1. The second kappa shape index (κ2) is 5.81. The van der Waals surface area contributed by atoms with Gasteiger partial charge >= 0.3 is 5.69 Å². The Morgan fingerprint density at radius 3 is 2.69 bits per heavy atom. The number of nitrogens with zero attached hydrogens (tertiary/aromatic N) is 3. The van der Waals surface area contributed by atoms with Gasteiger partial charge in [-0.1, -0.05) is 18.2 Å². The molecule has 2 N–H and O–H groups in total. The van der Waals surface area contributed by atoms with Crippen molar-refractivity contribution in [3.63, 3.8) is 0 Å². The zero-order valence-corrected chi connectivity index (χ0v) is 14.3. The fourth-order valence-corrected chi connectivity index (χ4v) is 4.11. The molecule has 7 nitrogen and oxygen atoms in total. The Hall–Kier alpha value is -2.93. The van der Waals surface area contributed by atoms with Gasteiger partial charge < -0.3 is 4.98 Å². The average molecular weight is 349 g/mol. The topological polar surface area (TPSA) is 86.8 Å². The minimum absolute atomic E-state index is 0.286. The Morgan fingerprint density at radius 2 is 1.85 bits per heavy atom. The lowest BCUT2D eigenvalue weighted by molar-refractivity contribution is 0.269. The second-order valence-corrected chi connectivity index (χ2v) is 6.98. The van der Waals surface area contributed by atoms with E-state index in [2.05, 4.69) is 31.7 Å². The summed E-state index contributed by atoms with van der Waals surface area (Å²) in [5.41, 5.74) is 5.45. The van der Waals surface area contributed by atoms with Gasteiger partial charge in [-0.3, -0.25) is 14.7 Å². The average Bonchev–Trinajstić information content (AvgIpc) is 3.32. The molecule has 2 aromatic heterocycles. The first kappa shape index (κ1) is 15.3. The quantitative estimate of drug-likeness (QED) is 0.745. The molecule has 0 radical (unpaired) electrons. The molecule has 0 spiro atoms. The highest BCUT2D eigenvalue weighted by Gasteiger charge is 2.28. The van der Waals surface area contributed by atoms with Gasteiger partial charge in [0.15, 0.2) is 0 Å². The first-order chi connectivity index (χ1) is 12.7. The highest BCUT2D eigenvalue weighted by Crippen LogP contribution is 2.29. The summed E-state index contributed by atoms with van der Waals surface area (Å²) < 4.78 is 2.07. The SMILES string of the molecule is O=c1[nH]c2c(c(=O)[nH]1)CN(Cc1nn(-c3ccccc3)c3c1CCC3)C2. The van der Waals surface area contributed by atoms with Crippen LogP contribution >= 0.6 is 0 Å². The summed E-state index contributed by atoms with van der Waals surface area (Å²) in [6, 6.07) is 10.2. The molecule has 3 aromatic rings. The van der Waals surface area contributed by atoms with Gasteiger partial charge in [0.25, 0.3) is 5.56 Å².